The van der Waals surface area contributed by atoms with E-state index in [0.29, 0.717) is 17.3 Å². The molecule has 0 radical (unpaired) electrons. The summed E-state index contributed by atoms with van der Waals surface area (Å²) in [6.45, 7) is 3.58. The highest BCUT2D eigenvalue weighted by Gasteiger charge is 2.28. The lowest BCUT2D eigenvalue weighted by Crippen LogP contribution is -2.52. The Labute approximate surface area is 129 Å². The normalized spacial score (nSPS) is 22.3. The van der Waals surface area contributed by atoms with Crippen LogP contribution in [0.5, 0.6) is 0 Å². The van der Waals surface area contributed by atoms with Crippen LogP contribution in [0.4, 0.5) is 10.1 Å². The molecule has 1 heterocycles. The van der Waals surface area contributed by atoms with Gasteiger partial charge in [0, 0.05) is 25.2 Å². The molecule has 0 amide bonds. The van der Waals surface area contributed by atoms with Gasteiger partial charge < -0.3 is 10.2 Å². The zero-order valence-electron chi connectivity index (χ0n) is 11.9. The summed E-state index contributed by atoms with van der Waals surface area (Å²) in [4.78, 5) is 2.06. The largest absolute Gasteiger partial charge is 0.362 e. The summed E-state index contributed by atoms with van der Waals surface area (Å²) in [5.74, 6) is -0.261. The van der Waals surface area contributed by atoms with Gasteiger partial charge in [0.25, 0.3) is 0 Å². The minimum atomic E-state index is -0.261. The Bertz CT molecular complexity index is 597. The number of hydrogen-bond acceptors (Lipinski definition) is 2. The number of rotatable bonds is 2. The maximum Gasteiger partial charge on any atom is 0.148 e. The number of benzene rings is 2. The summed E-state index contributed by atoms with van der Waals surface area (Å²) in [7, 11) is 0. The molecule has 1 aliphatic heterocycles. The third-order valence-corrected chi connectivity index (χ3v) is 4.30. The van der Waals surface area contributed by atoms with E-state index in [-0.39, 0.29) is 17.9 Å². The van der Waals surface area contributed by atoms with Crippen molar-refractivity contribution in [2.75, 3.05) is 18.0 Å². The fourth-order valence-electron chi connectivity index (χ4n) is 2.85. The zero-order valence-corrected chi connectivity index (χ0v) is 12.6. The molecule has 1 fully saturated rings. The predicted octanol–water partition coefficient (Wildman–Crippen LogP) is 4.02. The maximum atomic E-state index is 14.2. The molecular formula is C17H18ClFN2. The molecule has 4 heteroatoms. The summed E-state index contributed by atoms with van der Waals surface area (Å²) in [6.07, 6.45) is 0. The second-order valence-corrected chi connectivity index (χ2v) is 5.85. The van der Waals surface area contributed by atoms with Crippen LogP contribution in [0.1, 0.15) is 18.5 Å². The van der Waals surface area contributed by atoms with Crippen LogP contribution in [-0.2, 0) is 0 Å². The standard InChI is InChI=1S/C17H18ClFN2/c1-12-10-20-16(13-6-3-2-4-7-13)11-21(12)17-14(18)8-5-9-15(17)19/h2-9,12,16,20H,10-11H2,1H3. The van der Waals surface area contributed by atoms with Crippen molar-refractivity contribution in [2.24, 2.45) is 0 Å². The van der Waals surface area contributed by atoms with Crippen molar-refractivity contribution in [3.8, 4) is 0 Å². The molecule has 3 rings (SSSR count). The molecule has 0 saturated carbocycles. The molecule has 0 spiro atoms. The van der Waals surface area contributed by atoms with Crippen molar-refractivity contribution in [2.45, 2.75) is 19.0 Å². The molecule has 2 aromatic carbocycles. The highest BCUT2D eigenvalue weighted by atomic mass is 35.5. The molecule has 21 heavy (non-hydrogen) atoms. The first-order valence-corrected chi connectivity index (χ1v) is 7.53. The fourth-order valence-corrected chi connectivity index (χ4v) is 3.12. The smallest absolute Gasteiger partial charge is 0.148 e. The van der Waals surface area contributed by atoms with E-state index in [1.807, 2.05) is 18.2 Å². The van der Waals surface area contributed by atoms with E-state index in [2.05, 4.69) is 29.3 Å². The molecule has 1 aliphatic rings. The van der Waals surface area contributed by atoms with Gasteiger partial charge in [-0.3, -0.25) is 0 Å². The van der Waals surface area contributed by atoms with Crippen molar-refractivity contribution >= 4 is 17.3 Å². The third-order valence-electron chi connectivity index (χ3n) is 4.00. The van der Waals surface area contributed by atoms with E-state index in [9.17, 15) is 4.39 Å². The van der Waals surface area contributed by atoms with Gasteiger partial charge in [0.05, 0.1) is 10.7 Å². The van der Waals surface area contributed by atoms with Crippen molar-refractivity contribution in [3.05, 3.63) is 64.9 Å². The van der Waals surface area contributed by atoms with Gasteiger partial charge in [0.15, 0.2) is 0 Å². The van der Waals surface area contributed by atoms with Crippen molar-refractivity contribution in [1.29, 1.82) is 0 Å². The first kappa shape index (κ1) is 14.4. The highest BCUT2D eigenvalue weighted by molar-refractivity contribution is 6.33. The Morgan fingerprint density at radius 3 is 2.62 bits per heavy atom. The Balaban J connectivity index is 1.91. The number of piperazine rings is 1. The van der Waals surface area contributed by atoms with E-state index < -0.39 is 0 Å². The molecule has 110 valence electrons. The number of para-hydroxylation sites is 1. The molecule has 2 aromatic rings. The fraction of sp³-hybridized carbons (Fsp3) is 0.294. The van der Waals surface area contributed by atoms with Gasteiger partial charge in [-0.25, -0.2) is 4.39 Å². The van der Waals surface area contributed by atoms with Gasteiger partial charge in [0.2, 0.25) is 0 Å². The van der Waals surface area contributed by atoms with E-state index in [4.69, 9.17) is 11.6 Å². The average Bonchev–Trinajstić information content (AvgIpc) is 2.50. The molecule has 0 aliphatic carbocycles. The minimum Gasteiger partial charge on any atom is -0.362 e. The van der Waals surface area contributed by atoms with Crippen LogP contribution < -0.4 is 10.2 Å². The van der Waals surface area contributed by atoms with Crippen LogP contribution in [0.3, 0.4) is 0 Å². The molecule has 1 saturated heterocycles. The van der Waals surface area contributed by atoms with Crippen LogP contribution in [-0.4, -0.2) is 19.1 Å². The molecule has 2 nitrogen and oxygen atoms in total. The van der Waals surface area contributed by atoms with Crippen LogP contribution in [0.25, 0.3) is 0 Å². The second-order valence-electron chi connectivity index (χ2n) is 5.44. The first-order chi connectivity index (χ1) is 10.2. The number of halogens is 2. The third kappa shape index (κ3) is 2.89. The number of nitrogens with zero attached hydrogens (tertiary/aromatic N) is 1. The van der Waals surface area contributed by atoms with E-state index in [1.165, 1.54) is 11.6 Å². The average molecular weight is 305 g/mol. The quantitative estimate of drug-likeness (QED) is 0.901. The lowest BCUT2D eigenvalue weighted by Gasteiger charge is -2.41. The lowest BCUT2D eigenvalue weighted by molar-refractivity contribution is 0.410. The van der Waals surface area contributed by atoms with Gasteiger partial charge in [-0.05, 0) is 24.6 Å². The number of hydrogen-bond donors (Lipinski definition) is 1. The summed E-state index contributed by atoms with van der Waals surface area (Å²) < 4.78 is 14.2. The van der Waals surface area contributed by atoms with Gasteiger partial charge in [-0.15, -0.1) is 0 Å². The molecule has 1 N–H and O–H groups in total. The van der Waals surface area contributed by atoms with Gasteiger partial charge in [0.1, 0.15) is 5.82 Å². The van der Waals surface area contributed by atoms with Crippen LogP contribution in [0, 0.1) is 5.82 Å². The summed E-state index contributed by atoms with van der Waals surface area (Å²) in [5, 5.41) is 3.98. The molecule has 0 aromatic heterocycles. The van der Waals surface area contributed by atoms with E-state index in [1.54, 1.807) is 12.1 Å². The van der Waals surface area contributed by atoms with Crippen molar-refractivity contribution in [1.82, 2.24) is 5.32 Å². The highest BCUT2D eigenvalue weighted by Crippen LogP contribution is 2.33. The maximum absolute atomic E-state index is 14.2. The van der Waals surface area contributed by atoms with Gasteiger partial charge in [-0.2, -0.15) is 0 Å². The van der Waals surface area contributed by atoms with Crippen molar-refractivity contribution < 1.29 is 4.39 Å². The summed E-state index contributed by atoms with van der Waals surface area (Å²) in [6, 6.07) is 15.5. The van der Waals surface area contributed by atoms with E-state index in [0.717, 1.165) is 6.54 Å². The summed E-state index contributed by atoms with van der Waals surface area (Å²) in [5.41, 5.74) is 1.72. The molecule has 2 atom stereocenters. The summed E-state index contributed by atoms with van der Waals surface area (Å²) >= 11 is 6.22. The monoisotopic (exact) mass is 304 g/mol. The van der Waals surface area contributed by atoms with Crippen molar-refractivity contribution in [3.63, 3.8) is 0 Å². The zero-order chi connectivity index (χ0) is 14.8. The topological polar surface area (TPSA) is 15.3 Å². The minimum absolute atomic E-state index is 0.179. The van der Waals surface area contributed by atoms with Gasteiger partial charge >= 0.3 is 0 Å². The first-order valence-electron chi connectivity index (χ1n) is 7.16. The SMILES string of the molecule is CC1CNC(c2ccccc2)CN1c1c(F)cccc1Cl. The Morgan fingerprint density at radius 1 is 1.14 bits per heavy atom. The molecular weight excluding hydrogens is 287 g/mol. The van der Waals surface area contributed by atoms with E-state index >= 15 is 0 Å². The second kappa shape index (κ2) is 6.04. The Hall–Kier alpha value is -1.58. The molecule has 0 bridgehead atoms. The predicted molar refractivity (Wildman–Crippen MR) is 85.4 cm³/mol. The van der Waals surface area contributed by atoms with Gasteiger partial charge in [-0.1, -0.05) is 48.0 Å². The number of nitrogens with one attached hydrogen (secondary N) is 1. The Kier molecular flexibility index (Phi) is 4.13. The van der Waals surface area contributed by atoms with Crippen LogP contribution in [0.15, 0.2) is 48.5 Å². The number of anilines is 1. The molecule has 2 unspecified atom stereocenters. The Morgan fingerprint density at radius 2 is 1.90 bits per heavy atom. The lowest BCUT2D eigenvalue weighted by atomic mass is 10.0. The van der Waals surface area contributed by atoms with Crippen LogP contribution >= 0.6 is 11.6 Å². The van der Waals surface area contributed by atoms with Crippen LogP contribution in [0.2, 0.25) is 5.02 Å².